The van der Waals surface area contributed by atoms with Gasteiger partial charge < -0.3 is 60.6 Å². The van der Waals surface area contributed by atoms with E-state index in [1.165, 1.54) is 103 Å². The van der Waals surface area contributed by atoms with Crippen LogP contribution in [-0.4, -0.2) is 67.9 Å². The lowest BCUT2D eigenvalue weighted by Crippen LogP contribution is -2.16. The Balaban J connectivity index is 0.000000160. The molecular formula is C73H60BrCl3F6N4O16. The number of carbonyl (C=O) groups is 8. The summed E-state index contributed by atoms with van der Waals surface area (Å²) < 4.78 is 101. The summed E-state index contributed by atoms with van der Waals surface area (Å²) in [5.41, 5.74) is 1.15. The van der Waals surface area contributed by atoms with Crippen LogP contribution >= 0.6 is 50.7 Å². The van der Waals surface area contributed by atoms with E-state index >= 15 is 0 Å². The Morgan fingerprint density at radius 1 is 0.388 bits per heavy atom. The fourth-order valence-corrected chi connectivity index (χ4v) is 10.3. The van der Waals surface area contributed by atoms with E-state index in [1.807, 2.05) is 0 Å². The first-order valence-electron chi connectivity index (χ1n) is 31.4. The van der Waals surface area contributed by atoms with E-state index in [4.69, 9.17) is 53.8 Å². The Morgan fingerprint density at radius 3 is 0.981 bits per heavy atom. The van der Waals surface area contributed by atoms with E-state index in [0.717, 1.165) is 63.5 Å². The molecule has 4 amide bonds. The number of halogens is 10. The molecule has 538 valence electrons. The largest absolute Gasteiger partial charge is 0.489 e. The Kier molecular flexibility index (Phi) is 25.8. The zero-order chi connectivity index (χ0) is 74.4. The monoisotopic (exact) mass is 1550 g/mol. The van der Waals surface area contributed by atoms with Crippen LogP contribution < -0.4 is 40.2 Å². The molecule has 4 aliphatic rings. The van der Waals surface area contributed by atoms with Crippen LogP contribution in [0.25, 0.3) is 0 Å². The summed E-state index contributed by atoms with van der Waals surface area (Å²) in [6.45, 7) is -0.197. The second-order valence-corrected chi connectivity index (χ2v) is 25.9. The smallest absolute Gasteiger partial charge is 0.416 e. The van der Waals surface area contributed by atoms with Gasteiger partial charge in [0, 0.05) is 60.4 Å². The zero-order valence-electron chi connectivity index (χ0n) is 53.6. The van der Waals surface area contributed by atoms with Crippen molar-refractivity contribution in [3.8, 4) is 23.0 Å². The lowest BCUT2D eigenvalue weighted by molar-refractivity contribution is -0.137. The Morgan fingerprint density at radius 2 is 0.689 bits per heavy atom. The highest BCUT2D eigenvalue weighted by molar-refractivity contribution is 9.10. The number of carboxylic acid groups (broad SMARTS) is 4. The molecule has 30 heteroatoms. The predicted molar refractivity (Wildman–Crippen MR) is 370 cm³/mol. The van der Waals surface area contributed by atoms with Gasteiger partial charge in [0.05, 0.1) is 55.6 Å². The lowest BCUT2D eigenvalue weighted by Gasteiger charge is -2.13. The van der Waals surface area contributed by atoms with Gasteiger partial charge >= 0.3 is 30.1 Å². The summed E-state index contributed by atoms with van der Waals surface area (Å²) >= 11 is 20.7. The molecule has 4 fully saturated rings. The summed E-state index contributed by atoms with van der Waals surface area (Å²) in [4.78, 5) is 93.1. The molecule has 8 aromatic carbocycles. The van der Waals surface area contributed by atoms with Gasteiger partial charge in [0.25, 0.3) is 0 Å². The number of amides is 4. The number of alkyl halides is 3. The van der Waals surface area contributed by atoms with Crippen molar-refractivity contribution < 1.29 is 104 Å². The first-order valence-corrected chi connectivity index (χ1v) is 33.3. The summed E-state index contributed by atoms with van der Waals surface area (Å²) in [7, 11) is 0. The second kappa shape index (κ2) is 34.5. The van der Waals surface area contributed by atoms with Gasteiger partial charge in [0.1, 0.15) is 66.9 Å². The molecule has 0 aliphatic heterocycles. The van der Waals surface area contributed by atoms with Crippen LogP contribution in [0.1, 0.15) is 121 Å². The number of nitrogens with one attached hydrogen (secondary N) is 4. The highest BCUT2D eigenvalue weighted by atomic mass is 79.9. The summed E-state index contributed by atoms with van der Waals surface area (Å²) in [6.07, 6.45) is 2.01. The van der Waals surface area contributed by atoms with Crippen LogP contribution in [0.4, 0.5) is 49.1 Å². The predicted octanol–water partition coefficient (Wildman–Crippen LogP) is 17.4. The van der Waals surface area contributed by atoms with E-state index in [2.05, 4.69) is 37.2 Å². The van der Waals surface area contributed by atoms with Crippen molar-refractivity contribution in [2.75, 3.05) is 21.3 Å². The van der Waals surface area contributed by atoms with Crippen LogP contribution in [0.5, 0.6) is 23.0 Å². The first kappa shape index (κ1) is 76.8. The van der Waals surface area contributed by atoms with E-state index in [1.54, 1.807) is 30.3 Å². The molecule has 0 heterocycles. The van der Waals surface area contributed by atoms with Crippen LogP contribution in [-0.2, 0) is 51.8 Å². The number of anilines is 4. The Bertz CT molecular complexity index is 4240. The van der Waals surface area contributed by atoms with Crippen molar-refractivity contribution in [2.24, 2.45) is 23.7 Å². The third-order valence-corrected chi connectivity index (χ3v) is 17.1. The number of benzene rings is 8. The molecule has 4 saturated carbocycles. The molecule has 0 aromatic heterocycles. The molecule has 8 aromatic rings. The minimum atomic E-state index is -4.50. The number of hydrogen-bond donors (Lipinski definition) is 8. The maximum atomic E-state index is 13.8. The molecule has 0 unspecified atom stereocenters. The van der Waals surface area contributed by atoms with Crippen LogP contribution in [0.2, 0.25) is 15.1 Å². The lowest BCUT2D eigenvalue weighted by atomic mass is 10.1. The van der Waals surface area contributed by atoms with E-state index in [-0.39, 0.29) is 151 Å². The van der Waals surface area contributed by atoms with Crippen molar-refractivity contribution in [3.63, 3.8) is 0 Å². The molecule has 0 bridgehead atoms. The van der Waals surface area contributed by atoms with E-state index in [0.29, 0.717) is 32.5 Å². The summed E-state index contributed by atoms with van der Waals surface area (Å²) in [5.74, 6) is -6.05. The van der Waals surface area contributed by atoms with Gasteiger partial charge in [-0.05, 0) is 173 Å². The van der Waals surface area contributed by atoms with Gasteiger partial charge in [-0.25, -0.2) is 32.3 Å². The third-order valence-electron chi connectivity index (χ3n) is 15.7. The minimum absolute atomic E-state index is 0.0295. The molecule has 4 aliphatic carbocycles. The SMILES string of the molecule is O=C(O)c1cc(OCc2ccc(Br)cc2F)ccc1NC(=O)C1CC1.O=C(O)c1cc(OCc2ccc(C(F)(F)F)cc2Cl)ccc1NC(=O)C1CC1.O=C(O)c1cc(OCc2ccc(Cl)cc2F)ccc1NC(=O)C1CC1.O=C(O)c1cc(OCc2ccc(F)cc2Cl)ccc1NC(=O)C1CC1. The standard InChI is InChI=1S/C19H15ClF3NO4.C18H15BrFNO4.2C18H15ClFNO4/c20-15-7-12(19(21,22)23)4-3-11(15)9-28-13-5-6-16(14(8-13)18(26)27)24-17(25)10-1-2-10;19-12-4-3-11(15(20)7-12)9-25-13-5-6-16(14(8-13)18(23)24)21-17(22)10-1-2-10;19-15-7-12(20)4-3-11(15)9-25-13-5-6-16(14(8-13)18(23)24)21-17(22)10-1-2-10;19-12-4-3-11(15(20)7-12)9-25-13-5-6-16(14(8-13)18(23)24)21-17(22)10-1-2-10/h3-8,10H,1-2,9H2,(H,24,25)(H,26,27);3*3-8,10H,1-2,9H2,(H,21,22)(H,23,24). The quantitative estimate of drug-likeness (QED) is 0.0261. The van der Waals surface area contributed by atoms with Gasteiger partial charge in [0.2, 0.25) is 23.6 Å². The highest BCUT2D eigenvalue weighted by Gasteiger charge is 2.35. The Hall–Kier alpha value is -10.4. The second-order valence-electron chi connectivity index (χ2n) is 23.8. The fraction of sp³-hybridized carbons (Fsp3) is 0.233. The summed E-state index contributed by atoms with van der Waals surface area (Å²) in [6, 6.07) is 32.8. The van der Waals surface area contributed by atoms with Gasteiger partial charge in [-0.3, -0.25) is 19.2 Å². The third kappa shape index (κ3) is 22.8. The van der Waals surface area contributed by atoms with Crippen LogP contribution in [0.15, 0.2) is 150 Å². The number of carboxylic acids is 4. The summed E-state index contributed by atoms with van der Waals surface area (Å²) in [5, 5.41) is 48.3. The maximum Gasteiger partial charge on any atom is 0.416 e. The molecule has 8 N–H and O–H groups in total. The molecular weight excluding hydrogens is 1490 g/mol. The van der Waals surface area contributed by atoms with Crippen LogP contribution in [0.3, 0.4) is 0 Å². The van der Waals surface area contributed by atoms with Crippen LogP contribution in [0, 0.1) is 41.1 Å². The molecule has 103 heavy (non-hydrogen) atoms. The van der Waals surface area contributed by atoms with Crippen molar-refractivity contribution in [1.82, 2.24) is 0 Å². The average molecular weight is 1550 g/mol. The molecule has 0 radical (unpaired) electrons. The highest BCUT2D eigenvalue weighted by Crippen LogP contribution is 2.37. The number of carbonyl (C=O) groups excluding carboxylic acids is 4. The van der Waals surface area contributed by atoms with Crippen molar-refractivity contribution in [2.45, 2.75) is 84.0 Å². The maximum absolute atomic E-state index is 13.8. The molecule has 0 saturated heterocycles. The molecule has 0 spiro atoms. The molecule has 20 nitrogen and oxygen atoms in total. The molecule has 12 rings (SSSR count). The zero-order valence-corrected chi connectivity index (χ0v) is 57.5. The van der Waals surface area contributed by atoms with Crippen molar-refractivity contribution in [3.05, 3.63) is 233 Å². The fourth-order valence-electron chi connectivity index (χ4n) is 9.32. The normalized spacial score (nSPS) is 13.5. The Labute approximate surface area is 606 Å². The average Bonchev–Trinajstić information content (AvgIpc) is 1.21. The topological polar surface area (TPSA) is 303 Å². The van der Waals surface area contributed by atoms with Crippen molar-refractivity contribution in [1.29, 1.82) is 0 Å². The first-order chi connectivity index (χ1) is 49.0. The number of ether oxygens (including phenoxy) is 4. The van der Waals surface area contributed by atoms with Gasteiger partial charge in [-0.1, -0.05) is 75.0 Å². The molecule has 0 atom stereocenters. The van der Waals surface area contributed by atoms with Gasteiger partial charge in [-0.15, -0.1) is 0 Å². The van der Waals surface area contributed by atoms with E-state index in [9.17, 15) is 85.1 Å². The number of aromatic carboxylic acids is 4. The van der Waals surface area contributed by atoms with Crippen molar-refractivity contribution >= 4 is 121 Å². The number of hydrogen-bond acceptors (Lipinski definition) is 12. The van der Waals surface area contributed by atoms with E-state index < -0.39 is 53.1 Å². The minimum Gasteiger partial charge on any atom is -0.489 e. The van der Waals surface area contributed by atoms with Gasteiger partial charge in [-0.2, -0.15) is 13.2 Å². The number of rotatable bonds is 24. The van der Waals surface area contributed by atoms with Gasteiger partial charge in [0.15, 0.2) is 0 Å².